The number of hydrogen-bond acceptors (Lipinski definition) is 3. The summed E-state index contributed by atoms with van der Waals surface area (Å²) < 4.78 is 1.12. The predicted molar refractivity (Wildman–Crippen MR) is 90.5 cm³/mol. The first-order chi connectivity index (χ1) is 9.19. The molecule has 0 atom stereocenters. The van der Waals surface area contributed by atoms with Crippen molar-refractivity contribution in [1.82, 2.24) is 4.98 Å². The molecule has 0 aliphatic carbocycles. The molecular weight excluding hydrogens is 373 g/mol. The van der Waals surface area contributed by atoms with E-state index in [0.717, 1.165) is 33.6 Å². The maximum absolute atomic E-state index is 6.20. The van der Waals surface area contributed by atoms with Crippen molar-refractivity contribution in [3.8, 4) is 0 Å². The maximum Gasteiger partial charge on any atom is 0.0651 e. The van der Waals surface area contributed by atoms with Crippen LogP contribution >= 0.6 is 34.2 Å². The topological polar surface area (TPSA) is 37.0 Å². The Morgan fingerprint density at radius 2 is 2.00 bits per heavy atom. The zero-order chi connectivity index (χ0) is 13.7. The van der Waals surface area contributed by atoms with Gasteiger partial charge in [0.25, 0.3) is 0 Å². The van der Waals surface area contributed by atoms with Gasteiger partial charge in [0.2, 0.25) is 0 Å². The Hall–Kier alpha value is -1.01. The summed E-state index contributed by atoms with van der Waals surface area (Å²) >= 11 is 8.44. The first kappa shape index (κ1) is 14.4. The number of hydrogen-bond donors (Lipinski definition) is 2. The smallest absolute Gasteiger partial charge is 0.0651 e. The Morgan fingerprint density at radius 3 is 2.74 bits per heavy atom. The second-order valence-corrected chi connectivity index (χ2v) is 5.79. The van der Waals surface area contributed by atoms with E-state index in [0.29, 0.717) is 5.02 Å². The van der Waals surface area contributed by atoms with E-state index in [4.69, 9.17) is 11.6 Å². The van der Waals surface area contributed by atoms with E-state index in [2.05, 4.69) is 45.1 Å². The van der Waals surface area contributed by atoms with Gasteiger partial charge in [-0.25, -0.2) is 0 Å². The molecule has 0 saturated heterocycles. The predicted octanol–water partition coefficient (Wildman–Crippen LogP) is 4.91. The van der Waals surface area contributed by atoms with Gasteiger partial charge < -0.3 is 10.6 Å². The van der Waals surface area contributed by atoms with Crippen LogP contribution in [-0.2, 0) is 0 Å². The van der Waals surface area contributed by atoms with Gasteiger partial charge in [0.1, 0.15) is 0 Å². The Morgan fingerprint density at radius 1 is 1.21 bits per heavy atom. The van der Waals surface area contributed by atoms with Crippen molar-refractivity contribution in [2.45, 2.75) is 13.3 Å². The van der Waals surface area contributed by atoms with Crippen LogP contribution in [0.1, 0.15) is 13.3 Å². The lowest BCUT2D eigenvalue weighted by Gasteiger charge is -2.10. The van der Waals surface area contributed by atoms with Gasteiger partial charge >= 0.3 is 0 Å². The Balaban J connectivity index is 2.14. The van der Waals surface area contributed by atoms with Gasteiger partial charge in [0, 0.05) is 10.1 Å². The van der Waals surface area contributed by atoms with Gasteiger partial charge in [-0.3, -0.25) is 4.98 Å². The molecular formula is C14H15ClIN3. The standard InChI is InChI=1S/C14H15ClIN3/c1-2-5-18-11-7-12(9-17-8-11)19-14-4-3-10(16)6-13(14)15/h3-4,6-9,18-19H,2,5H2,1H3. The average molecular weight is 388 g/mol. The van der Waals surface area contributed by atoms with Crippen molar-refractivity contribution in [1.29, 1.82) is 0 Å². The first-order valence-electron chi connectivity index (χ1n) is 6.10. The number of pyridine rings is 1. The summed E-state index contributed by atoms with van der Waals surface area (Å²) in [5.74, 6) is 0. The van der Waals surface area contributed by atoms with Gasteiger partial charge in [0.05, 0.1) is 34.5 Å². The third-order valence-corrected chi connectivity index (χ3v) is 3.51. The number of benzene rings is 1. The third kappa shape index (κ3) is 4.24. The van der Waals surface area contributed by atoms with E-state index in [9.17, 15) is 0 Å². The van der Waals surface area contributed by atoms with Crippen molar-refractivity contribution >= 4 is 51.3 Å². The van der Waals surface area contributed by atoms with Crippen LogP contribution in [0, 0.1) is 3.57 Å². The van der Waals surface area contributed by atoms with Crippen LogP contribution in [0.3, 0.4) is 0 Å². The molecule has 0 bridgehead atoms. The zero-order valence-electron chi connectivity index (χ0n) is 10.6. The summed E-state index contributed by atoms with van der Waals surface area (Å²) in [7, 11) is 0. The Kier molecular flexibility index (Phi) is 5.27. The second kappa shape index (κ2) is 6.96. The van der Waals surface area contributed by atoms with Gasteiger partial charge in [-0.15, -0.1) is 0 Å². The molecule has 0 saturated carbocycles. The van der Waals surface area contributed by atoms with Crippen LogP contribution in [0.4, 0.5) is 17.1 Å². The molecule has 0 unspecified atom stereocenters. The molecule has 2 aromatic rings. The molecule has 3 nitrogen and oxygen atoms in total. The lowest BCUT2D eigenvalue weighted by Crippen LogP contribution is -2.01. The highest BCUT2D eigenvalue weighted by atomic mass is 127. The summed E-state index contributed by atoms with van der Waals surface area (Å²) in [6.07, 6.45) is 4.68. The quantitative estimate of drug-likeness (QED) is 0.716. The van der Waals surface area contributed by atoms with E-state index < -0.39 is 0 Å². The fraction of sp³-hybridized carbons (Fsp3) is 0.214. The van der Waals surface area contributed by atoms with E-state index in [-0.39, 0.29) is 0 Å². The van der Waals surface area contributed by atoms with Crippen molar-refractivity contribution in [3.63, 3.8) is 0 Å². The molecule has 2 N–H and O–H groups in total. The summed E-state index contributed by atoms with van der Waals surface area (Å²) in [6, 6.07) is 7.94. The first-order valence-corrected chi connectivity index (χ1v) is 7.55. The number of halogens is 2. The fourth-order valence-corrected chi connectivity index (χ4v) is 2.52. The van der Waals surface area contributed by atoms with E-state index >= 15 is 0 Å². The SMILES string of the molecule is CCCNc1cncc(Nc2ccc(I)cc2Cl)c1. The molecule has 1 heterocycles. The Labute approximate surface area is 131 Å². The summed E-state index contributed by atoms with van der Waals surface area (Å²) in [4.78, 5) is 4.21. The number of anilines is 3. The van der Waals surface area contributed by atoms with E-state index in [1.807, 2.05) is 30.5 Å². The Bertz CT molecular complexity index is 560. The molecule has 1 aromatic carbocycles. The molecule has 0 fully saturated rings. The van der Waals surface area contributed by atoms with Gasteiger partial charge in [-0.1, -0.05) is 18.5 Å². The average Bonchev–Trinajstić information content (AvgIpc) is 2.40. The van der Waals surface area contributed by atoms with Crippen molar-refractivity contribution in [2.75, 3.05) is 17.2 Å². The zero-order valence-corrected chi connectivity index (χ0v) is 13.5. The third-order valence-electron chi connectivity index (χ3n) is 2.53. The lowest BCUT2D eigenvalue weighted by atomic mass is 10.3. The van der Waals surface area contributed by atoms with Crippen molar-refractivity contribution < 1.29 is 0 Å². The normalized spacial score (nSPS) is 10.3. The number of aromatic nitrogens is 1. The molecule has 0 radical (unpaired) electrons. The van der Waals surface area contributed by atoms with Gasteiger partial charge in [-0.05, 0) is 53.3 Å². The van der Waals surface area contributed by atoms with Crippen LogP contribution in [0.5, 0.6) is 0 Å². The molecule has 5 heteroatoms. The van der Waals surface area contributed by atoms with Crippen molar-refractivity contribution in [3.05, 3.63) is 45.3 Å². The largest absolute Gasteiger partial charge is 0.384 e. The van der Waals surface area contributed by atoms with Crippen molar-refractivity contribution in [2.24, 2.45) is 0 Å². The summed E-state index contributed by atoms with van der Waals surface area (Å²) in [5, 5.41) is 7.29. The number of nitrogens with one attached hydrogen (secondary N) is 2. The minimum absolute atomic E-state index is 0.707. The van der Waals surface area contributed by atoms with Crippen LogP contribution < -0.4 is 10.6 Å². The van der Waals surface area contributed by atoms with Crippen LogP contribution in [0.2, 0.25) is 5.02 Å². The molecule has 0 spiro atoms. The lowest BCUT2D eigenvalue weighted by molar-refractivity contribution is 0.978. The minimum Gasteiger partial charge on any atom is -0.384 e. The number of nitrogens with zero attached hydrogens (tertiary/aromatic N) is 1. The van der Waals surface area contributed by atoms with Crippen LogP contribution in [-0.4, -0.2) is 11.5 Å². The summed E-state index contributed by atoms with van der Waals surface area (Å²) in [5.41, 5.74) is 2.81. The molecule has 19 heavy (non-hydrogen) atoms. The highest BCUT2D eigenvalue weighted by molar-refractivity contribution is 14.1. The highest BCUT2D eigenvalue weighted by Gasteiger charge is 2.02. The second-order valence-electron chi connectivity index (χ2n) is 4.14. The van der Waals surface area contributed by atoms with Crippen LogP contribution in [0.15, 0.2) is 36.7 Å². The maximum atomic E-state index is 6.20. The molecule has 2 rings (SSSR count). The number of rotatable bonds is 5. The molecule has 0 aliphatic heterocycles. The summed E-state index contributed by atoms with van der Waals surface area (Å²) in [6.45, 7) is 3.07. The van der Waals surface area contributed by atoms with Crippen LogP contribution in [0.25, 0.3) is 0 Å². The molecule has 0 aliphatic rings. The molecule has 1 aromatic heterocycles. The monoisotopic (exact) mass is 387 g/mol. The molecule has 100 valence electrons. The van der Waals surface area contributed by atoms with E-state index in [1.165, 1.54) is 0 Å². The van der Waals surface area contributed by atoms with Gasteiger partial charge in [-0.2, -0.15) is 0 Å². The van der Waals surface area contributed by atoms with E-state index in [1.54, 1.807) is 6.20 Å². The van der Waals surface area contributed by atoms with Gasteiger partial charge in [0.15, 0.2) is 0 Å². The molecule has 0 amide bonds. The highest BCUT2D eigenvalue weighted by Crippen LogP contribution is 2.27. The fourth-order valence-electron chi connectivity index (χ4n) is 1.62. The minimum atomic E-state index is 0.707.